The fourth-order valence-corrected chi connectivity index (χ4v) is 3.39. The highest BCUT2D eigenvalue weighted by Gasteiger charge is 2.26. The number of hydrogen-bond donors (Lipinski definition) is 0. The summed E-state index contributed by atoms with van der Waals surface area (Å²) in [5.74, 6) is 0. The van der Waals surface area contributed by atoms with Crippen LogP contribution in [0.2, 0.25) is 0 Å². The molecular weight excluding hydrogens is 268 g/mol. The second-order valence-electron chi connectivity index (χ2n) is 7.17. The van der Waals surface area contributed by atoms with Crippen LogP contribution in [-0.4, -0.2) is 28.6 Å². The van der Waals surface area contributed by atoms with E-state index >= 15 is 0 Å². The SMILES string of the molecule is CCCCCCCCCCC1N(CCCC)C=CN1C(C)C. The van der Waals surface area contributed by atoms with E-state index in [9.17, 15) is 0 Å². The average molecular weight is 309 g/mol. The predicted molar refractivity (Wildman–Crippen MR) is 98.7 cm³/mol. The van der Waals surface area contributed by atoms with Crippen LogP contribution in [0.1, 0.15) is 98.3 Å². The Bertz CT molecular complexity index is 285. The lowest BCUT2D eigenvalue weighted by Gasteiger charge is -2.35. The van der Waals surface area contributed by atoms with Gasteiger partial charge in [0.2, 0.25) is 0 Å². The molecule has 0 amide bonds. The Morgan fingerprint density at radius 2 is 1.36 bits per heavy atom. The van der Waals surface area contributed by atoms with E-state index in [0.717, 1.165) is 0 Å². The van der Waals surface area contributed by atoms with Crippen molar-refractivity contribution in [2.75, 3.05) is 6.54 Å². The van der Waals surface area contributed by atoms with Crippen LogP contribution in [0.5, 0.6) is 0 Å². The van der Waals surface area contributed by atoms with Crippen LogP contribution in [0.15, 0.2) is 12.4 Å². The van der Waals surface area contributed by atoms with Crippen LogP contribution in [0.3, 0.4) is 0 Å². The van der Waals surface area contributed by atoms with Crippen molar-refractivity contribution in [1.82, 2.24) is 9.80 Å². The van der Waals surface area contributed by atoms with E-state index in [1.165, 1.54) is 77.2 Å². The molecule has 0 saturated heterocycles. The molecule has 0 saturated carbocycles. The summed E-state index contributed by atoms with van der Waals surface area (Å²) >= 11 is 0. The monoisotopic (exact) mass is 308 g/mol. The molecule has 0 radical (unpaired) electrons. The fraction of sp³-hybridized carbons (Fsp3) is 0.900. The van der Waals surface area contributed by atoms with E-state index in [4.69, 9.17) is 0 Å². The Hall–Kier alpha value is -0.660. The minimum absolute atomic E-state index is 0.613. The van der Waals surface area contributed by atoms with Gasteiger partial charge < -0.3 is 9.80 Å². The highest BCUT2D eigenvalue weighted by Crippen LogP contribution is 2.24. The standard InChI is InChI=1S/C20H40N2/c1-5-7-9-10-11-12-13-14-15-20-21(16-8-6-2)17-18-22(20)19(3)4/h17-20H,5-16H2,1-4H3. The molecule has 0 fully saturated rings. The summed E-state index contributed by atoms with van der Waals surface area (Å²) in [7, 11) is 0. The summed E-state index contributed by atoms with van der Waals surface area (Å²) in [6.07, 6.45) is 20.5. The Morgan fingerprint density at radius 3 is 1.95 bits per heavy atom. The van der Waals surface area contributed by atoms with Crippen LogP contribution in [0.4, 0.5) is 0 Å². The summed E-state index contributed by atoms with van der Waals surface area (Å²) in [6.45, 7) is 10.4. The highest BCUT2D eigenvalue weighted by molar-refractivity contribution is 4.98. The van der Waals surface area contributed by atoms with Crippen molar-refractivity contribution in [3.05, 3.63) is 12.4 Å². The third kappa shape index (κ3) is 7.07. The molecule has 0 aromatic carbocycles. The second-order valence-corrected chi connectivity index (χ2v) is 7.17. The van der Waals surface area contributed by atoms with Gasteiger partial charge in [0.15, 0.2) is 0 Å². The zero-order valence-corrected chi connectivity index (χ0v) is 15.7. The third-order valence-corrected chi connectivity index (χ3v) is 4.84. The number of rotatable bonds is 13. The first-order chi connectivity index (χ1) is 10.7. The summed E-state index contributed by atoms with van der Waals surface area (Å²) in [6, 6.07) is 0.613. The van der Waals surface area contributed by atoms with E-state index in [0.29, 0.717) is 12.2 Å². The van der Waals surface area contributed by atoms with Gasteiger partial charge in [-0.3, -0.25) is 0 Å². The van der Waals surface area contributed by atoms with Gasteiger partial charge in [-0.25, -0.2) is 0 Å². The molecule has 1 unspecified atom stereocenters. The molecular formula is C20H40N2. The quantitative estimate of drug-likeness (QED) is 0.377. The summed E-state index contributed by atoms with van der Waals surface area (Å²) in [4.78, 5) is 5.13. The van der Waals surface area contributed by atoms with Crippen molar-refractivity contribution in [3.63, 3.8) is 0 Å². The molecule has 2 nitrogen and oxygen atoms in total. The normalized spacial score (nSPS) is 18.0. The molecule has 1 aliphatic heterocycles. The first kappa shape index (κ1) is 19.4. The topological polar surface area (TPSA) is 6.48 Å². The van der Waals surface area contributed by atoms with Gasteiger partial charge in [-0.1, -0.05) is 65.2 Å². The molecule has 1 heterocycles. The largest absolute Gasteiger partial charge is 0.356 e. The second kappa shape index (κ2) is 11.8. The van der Waals surface area contributed by atoms with Crippen LogP contribution in [-0.2, 0) is 0 Å². The van der Waals surface area contributed by atoms with Gasteiger partial charge >= 0.3 is 0 Å². The Kier molecular flexibility index (Phi) is 10.4. The Morgan fingerprint density at radius 1 is 0.773 bits per heavy atom. The van der Waals surface area contributed by atoms with Crippen molar-refractivity contribution in [2.24, 2.45) is 0 Å². The maximum atomic E-state index is 2.57. The first-order valence-electron chi connectivity index (χ1n) is 9.92. The van der Waals surface area contributed by atoms with Crippen molar-refractivity contribution >= 4 is 0 Å². The average Bonchev–Trinajstić information content (AvgIpc) is 2.91. The minimum Gasteiger partial charge on any atom is -0.356 e. The zero-order valence-electron chi connectivity index (χ0n) is 15.7. The van der Waals surface area contributed by atoms with E-state index in [2.05, 4.69) is 49.9 Å². The molecule has 22 heavy (non-hydrogen) atoms. The van der Waals surface area contributed by atoms with Gasteiger partial charge in [0.1, 0.15) is 6.17 Å². The van der Waals surface area contributed by atoms with Crippen LogP contribution >= 0.6 is 0 Å². The number of nitrogens with zero attached hydrogens (tertiary/aromatic N) is 2. The maximum Gasteiger partial charge on any atom is 0.101 e. The highest BCUT2D eigenvalue weighted by atomic mass is 15.4. The number of hydrogen-bond acceptors (Lipinski definition) is 2. The predicted octanol–water partition coefficient (Wildman–Crippen LogP) is 6.14. The fourth-order valence-electron chi connectivity index (χ4n) is 3.39. The molecule has 0 aromatic rings. The van der Waals surface area contributed by atoms with E-state index in [1.807, 2.05) is 0 Å². The smallest absolute Gasteiger partial charge is 0.101 e. The zero-order chi connectivity index (χ0) is 16.2. The van der Waals surface area contributed by atoms with Gasteiger partial charge in [0, 0.05) is 25.0 Å². The van der Waals surface area contributed by atoms with Gasteiger partial charge in [-0.15, -0.1) is 0 Å². The third-order valence-electron chi connectivity index (χ3n) is 4.84. The van der Waals surface area contributed by atoms with Crippen LogP contribution in [0, 0.1) is 0 Å². The first-order valence-corrected chi connectivity index (χ1v) is 9.92. The van der Waals surface area contributed by atoms with E-state index in [1.54, 1.807) is 0 Å². The molecule has 1 atom stereocenters. The van der Waals surface area contributed by atoms with Gasteiger partial charge in [0.25, 0.3) is 0 Å². The van der Waals surface area contributed by atoms with Crippen molar-refractivity contribution in [1.29, 1.82) is 0 Å². The van der Waals surface area contributed by atoms with E-state index < -0.39 is 0 Å². The number of unbranched alkanes of at least 4 members (excludes halogenated alkanes) is 8. The maximum absolute atomic E-state index is 2.57. The summed E-state index contributed by atoms with van der Waals surface area (Å²) in [5.41, 5.74) is 0. The summed E-state index contributed by atoms with van der Waals surface area (Å²) < 4.78 is 0. The minimum atomic E-state index is 0.613. The lowest BCUT2D eigenvalue weighted by atomic mass is 10.1. The Labute approximate surface area is 139 Å². The molecule has 130 valence electrons. The van der Waals surface area contributed by atoms with Gasteiger partial charge in [-0.05, 0) is 33.1 Å². The molecule has 2 heteroatoms. The van der Waals surface area contributed by atoms with Crippen LogP contribution < -0.4 is 0 Å². The van der Waals surface area contributed by atoms with Gasteiger partial charge in [-0.2, -0.15) is 0 Å². The molecule has 0 aliphatic carbocycles. The lowest BCUT2D eigenvalue weighted by molar-refractivity contribution is 0.114. The van der Waals surface area contributed by atoms with Crippen molar-refractivity contribution in [2.45, 2.75) is 111 Å². The molecule has 0 N–H and O–H groups in total. The molecule has 0 bridgehead atoms. The summed E-state index contributed by atoms with van der Waals surface area (Å²) in [5, 5.41) is 0. The molecule has 1 aliphatic rings. The van der Waals surface area contributed by atoms with Crippen molar-refractivity contribution in [3.8, 4) is 0 Å². The van der Waals surface area contributed by atoms with E-state index in [-0.39, 0.29) is 0 Å². The van der Waals surface area contributed by atoms with Crippen molar-refractivity contribution < 1.29 is 0 Å². The van der Waals surface area contributed by atoms with Crippen LogP contribution in [0.25, 0.3) is 0 Å². The van der Waals surface area contributed by atoms with Gasteiger partial charge in [0.05, 0.1) is 0 Å². The molecule has 0 spiro atoms. The Balaban J connectivity index is 2.21. The lowest BCUT2D eigenvalue weighted by Crippen LogP contribution is -2.42. The molecule has 0 aromatic heterocycles. The molecule has 1 rings (SSSR count).